The van der Waals surface area contributed by atoms with Gasteiger partial charge in [0, 0.05) is 16.6 Å². The van der Waals surface area contributed by atoms with Crippen molar-refractivity contribution in [2.75, 3.05) is 6.54 Å². The monoisotopic (exact) mass is 228 g/mol. The molecule has 0 saturated carbocycles. The van der Waals surface area contributed by atoms with Crippen LogP contribution in [0.15, 0.2) is 18.2 Å². The van der Waals surface area contributed by atoms with E-state index in [1.807, 2.05) is 0 Å². The molecular weight excluding hydrogens is 212 g/mol. The van der Waals surface area contributed by atoms with E-state index in [0.29, 0.717) is 17.1 Å². The number of phenols is 1. The number of phenolic OH excluding ortho intramolecular Hbond substituents is 1. The molecule has 0 heterocycles. The molecule has 84 valence electrons. The van der Waals surface area contributed by atoms with Crippen LogP contribution in [0.3, 0.4) is 0 Å². The van der Waals surface area contributed by atoms with Crippen molar-refractivity contribution < 1.29 is 5.11 Å². The molecule has 0 bridgehead atoms. The summed E-state index contributed by atoms with van der Waals surface area (Å²) in [6.07, 6.45) is 2.73. The highest BCUT2D eigenvalue weighted by molar-refractivity contribution is 6.30. The van der Waals surface area contributed by atoms with Crippen LogP contribution >= 0.6 is 11.6 Å². The molecule has 0 fully saturated rings. The molecule has 3 nitrogen and oxygen atoms in total. The maximum absolute atomic E-state index is 9.60. The average Bonchev–Trinajstić information content (AvgIpc) is 2.22. The molecule has 0 spiro atoms. The smallest absolute Gasteiger partial charge is 0.120 e. The van der Waals surface area contributed by atoms with Crippen molar-refractivity contribution in [2.24, 2.45) is 11.5 Å². The Bertz CT molecular complexity index is 317. The quantitative estimate of drug-likeness (QED) is 0.677. The number of unbranched alkanes of at least 4 members (excludes halogenated alkanes) is 1. The highest BCUT2D eigenvalue weighted by Crippen LogP contribution is 2.28. The van der Waals surface area contributed by atoms with E-state index in [0.717, 1.165) is 19.3 Å². The van der Waals surface area contributed by atoms with E-state index >= 15 is 0 Å². The van der Waals surface area contributed by atoms with Crippen molar-refractivity contribution in [3.8, 4) is 5.75 Å². The molecule has 0 saturated heterocycles. The fraction of sp³-hybridized carbons (Fsp3) is 0.455. The van der Waals surface area contributed by atoms with Crippen molar-refractivity contribution in [1.29, 1.82) is 0 Å². The molecule has 1 rings (SSSR count). The highest BCUT2D eigenvalue weighted by atomic mass is 35.5. The van der Waals surface area contributed by atoms with Crippen molar-refractivity contribution in [2.45, 2.75) is 25.3 Å². The van der Waals surface area contributed by atoms with Gasteiger partial charge >= 0.3 is 0 Å². The Morgan fingerprint density at radius 1 is 1.33 bits per heavy atom. The van der Waals surface area contributed by atoms with Crippen LogP contribution in [0.2, 0.25) is 5.02 Å². The summed E-state index contributed by atoms with van der Waals surface area (Å²) in [7, 11) is 0. The summed E-state index contributed by atoms with van der Waals surface area (Å²) in [6.45, 7) is 0.675. The van der Waals surface area contributed by atoms with Crippen LogP contribution in [0.25, 0.3) is 0 Å². The summed E-state index contributed by atoms with van der Waals surface area (Å²) in [5, 5.41) is 10.2. The Labute approximate surface area is 95.0 Å². The van der Waals surface area contributed by atoms with Gasteiger partial charge < -0.3 is 16.6 Å². The van der Waals surface area contributed by atoms with Gasteiger partial charge in [-0.3, -0.25) is 0 Å². The summed E-state index contributed by atoms with van der Waals surface area (Å²) in [5.74, 6) is 0.208. The van der Waals surface area contributed by atoms with E-state index < -0.39 is 0 Å². The molecule has 5 N–H and O–H groups in total. The van der Waals surface area contributed by atoms with Crippen molar-refractivity contribution in [1.82, 2.24) is 0 Å². The molecule has 0 aromatic heterocycles. The maximum Gasteiger partial charge on any atom is 0.120 e. The first-order valence-corrected chi connectivity index (χ1v) is 5.47. The van der Waals surface area contributed by atoms with Gasteiger partial charge in [-0.1, -0.05) is 18.0 Å². The second-order valence-corrected chi connectivity index (χ2v) is 4.03. The van der Waals surface area contributed by atoms with E-state index in [2.05, 4.69) is 0 Å². The predicted octanol–water partition coefficient (Wildman–Crippen LogP) is 2.17. The molecule has 1 aromatic rings. The molecule has 0 aliphatic carbocycles. The fourth-order valence-electron chi connectivity index (χ4n) is 1.49. The Morgan fingerprint density at radius 2 is 2.07 bits per heavy atom. The molecule has 1 aromatic carbocycles. The lowest BCUT2D eigenvalue weighted by atomic mass is 10.0. The number of halogens is 1. The number of hydrogen-bond donors (Lipinski definition) is 3. The van der Waals surface area contributed by atoms with Gasteiger partial charge in [0.05, 0.1) is 0 Å². The normalized spacial score (nSPS) is 12.7. The first kappa shape index (κ1) is 12.3. The minimum atomic E-state index is -0.171. The van der Waals surface area contributed by atoms with Gasteiger partial charge in [-0.15, -0.1) is 0 Å². The largest absolute Gasteiger partial charge is 0.508 e. The van der Waals surface area contributed by atoms with Gasteiger partial charge in [0.15, 0.2) is 0 Å². The zero-order valence-corrected chi connectivity index (χ0v) is 9.37. The molecule has 0 amide bonds. The van der Waals surface area contributed by atoms with E-state index in [1.54, 1.807) is 18.2 Å². The van der Waals surface area contributed by atoms with Crippen LogP contribution in [0.4, 0.5) is 0 Å². The van der Waals surface area contributed by atoms with Gasteiger partial charge in [0.1, 0.15) is 5.75 Å². The van der Waals surface area contributed by atoms with Crippen LogP contribution in [-0.4, -0.2) is 11.7 Å². The molecule has 0 aliphatic heterocycles. The molecular formula is C11H17ClN2O. The Hall–Kier alpha value is -0.770. The third-order valence-corrected chi connectivity index (χ3v) is 2.59. The molecule has 0 radical (unpaired) electrons. The lowest BCUT2D eigenvalue weighted by Crippen LogP contribution is -2.11. The number of benzene rings is 1. The predicted molar refractivity (Wildman–Crippen MR) is 63.0 cm³/mol. The number of nitrogens with two attached hydrogens (primary N) is 2. The lowest BCUT2D eigenvalue weighted by Gasteiger charge is -2.13. The molecule has 4 heteroatoms. The van der Waals surface area contributed by atoms with Crippen molar-refractivity contribution in [3.05, 3.63) is 28.8 Å². The van der Waals surface area contributed by atoms with Gasteiger partial charge in [-0.05, 0) is 37.6 Å². The lowest BCUT2D eigenvalue weighted by molar-refractivity contribution is 0.456. The summed E-state index contributed by atoms with van der Waals surface area (Å²) in [5.41, 5.74) is 12.1. The Balaban J connectivity index is 2.64. The minimum absolute atomic E-state index is 0.171. The van der Waals surface area contributed by atoms with Crippen molar-refractivity contribution in [3.63, 3.8) is 0 Å². The van der Waals surface area contributed by atoms with Crippen LogP contribution in [0.1, 0.15) is 30.9 Å². The average molecular weight is 229 g/mol. The first-order valence-electron chi connectivity index (χ1n) is 5.09. The Morgan fingerprint density at radius 3 is 2.73 bits per heavy atom. The SMILES string of the molecule is NCCCC[C@@H](N)c1cc(Cl)ccc1O. The molecule has 1 atom stereocenters. The number of hydrogen-bond acceptors (Lipinski definition) is 3. The van der Waals surface area contributed by atoms with Crippen LogP contribution in [0.5, 0.6) is 5.75 Å². The second kappa shape index (κ2) is 5.95. The van der Waals surface area contributed by atoms with Crippen LogP contribution < -0.4 is 11.5 Å². The molecule has 0 unspecified atom stereocenters. The minimum Gasteiger partial charge on any atom is -0.508 e. The first-order chi connectivity index (χ1) is 7.15. The van der Waals surface area contributed by atoms with Gasteiger partial charge in [-0.2, -0.15) is 0 Å². The standard InChI is InChI=1S/C11H17ClN2O/c12-8-4-5-11(15)9(7-8)10(14)3-1-2-6-13/h4-5,7,10,15H,1-3,6,13-14H2/t10-/m1/s1. The summed E-state index contributed by atoms with van der Waals surface area (Å²) >= 11 is 5.84. The van der Waals surface area contributed by atoms with E-state index in [9.17, 15) is 5.11 Å². The van der Waals surface area contributed by atoms with Crippen LogP contribution in [0, 0.1) is 0 Å². The third-order valence-electron chi connectivity index (χ3n) is 2.36. The molecule has 0 aliphatic rings. The third kappa shape index (κ3) is 3.70. The maximum atomic E-state index is 9.60. The van der Waals surface area contributed by atoms with Gasteiger partial charge in [0.2, 0.25) is 0 Å². The fourth-order valence-corrected chi connectivity index (χ4v) is 1.67. The molecule has 15 heavy (non-hydrogen) atoms. The summed E-state index contributed by atoms with van der Waals surface area (Å²) in [4.78, 5) is 0. The zero-order chi connectivity index (χ0) is 11.3. The van der Waals surface area contributed by atoms with Crippen molar-refractivity contribution >= 4 is 11.6 Å². The van der Waals surface area contributed by atoms with Gasteiger partial charge in [0.25, 0.3) is 0 Å². The van der Waals surface area contributed by atoms with E-state index in [1.165, 1.54) is 0 Å². The highest BCUT2D eigenvalue weighted by Gasteiger charge is 2.10. The van der Waals surface area contributed by atoms with Crippen LogP contribution in [-0.2, 0) is 0 Å². The Kier molecular flexibility index (Phi) is 4.88. The summed E-state index contributed by atoms with van der Waals surface area (Å²) in [6, 6.07) is 4.76. The van der Waals surface area contributed by atoms with E-state index in [4.69, 9.17) is 23.1 Å². The zero-order valence-electron chi connectivity index (χ0n) is 8.62. The van der Waals surface area contributed by atoms with Gasteiger partial charge in [-0.25, -0.2) is 0 Å². The number of aromatic hydroxyl groups is 1. The summed E-state index contributed by atoms with van der Waals surface area (Å²) < 4.78 is 0. The second-order valence-electron chi connectivity index (χ2n) is 3.59. The topological polar surface area (TPSA) is 72.3 Å². The number of rotatable bonds is 5. The van der Waals surface area contributed by atoms with E-state index in [-0.39, 0.29) is 11.8 Å².